The maximum absolute atomic E-state index is 12.4. The number of amides is 2. The number of cyclic esters (lactones) is 1. The standard InChI is InChI=1S/C20H28N2O4S/c1-20(2)15-26-19(24)22(20)16-8-10-21(11-9-16)18(23)14-27-13-12-25-17-6-4-3-5-7-17/h3-7,16H,8-15H2,1-2H3. The van der Waals surface area contributed by atoms with E-state index in [0.717, 1.165) is 24.3 Å². The van der Waals surface area contributed by atoms with Crippen molar-refractivity contribution in [2.45, 2.75) is 38.3 Å². The van der Waals surface area contributed by atoms with Crippen molar-refractivity contribution in [3.63, 3.8) is 0 Å². The first-order valence-electron chi connectivity index (χ1n) is 9.47. The van der Waals surface area contributed by atoms with Gasteiger partial charge in [0.05, 0.1) is 17.9 Å². The Hall–Kier alpha value is -1.89. The number of carbonyl (C=O) groups is 2. The monoisotopic (exact) mass is 392 g/mol. The zero-order valence-electron chi connectivity index (χ0n) is 16.1. The first-order valence-corrected chi connectivity index (χ1v) is 10.6. The second-order valence-corrected chi connectivity index (χ2v) is 8.67. The van der Waals surface area contributed by atoms with E-state index < -0.39 is 0 Å². The van der Waals surface area contributed by atoms with E-state index in [4.69, 9.17) is 9.47 Å². The lowest BCUT2D eigenvalue weighted by Gasteiger charge is -2.40. The topological polar surface area (TPSA) is 59.1 Å². The van der Waals surface area contributed by atoms with E-state index in [1.807, 2.05) is 54.0 Å². The number of rotatable bonds is 7. The van der Waals surface area contributed by atoms with Crippen LogP contribution in [0.4, 0.5) is 4.79 Å². The van der Waals surface area contributed by atoms with Crippen LogP contribution in [0.1, 0.15) is 26.7 Å². The van der Waals surface area contributed by atoms with Crippen LogP contribution in [0.2, 0.25) is 0 Å². The molecular weight excluding hydrogens is 364 g/mol. The third kappa shape index (κ3) is 5.09. The summed E-state index contributed by atoms with van der Waals surface area (Å²) in [6.45, 7) is 6.49. The zero-order valence-corrected chi connectivity index (χ0v) is 16.9. The summed E-state index contributed by atoms with van der Waals surface area (Å²) < 4.78 is 10.8. The van der Waals surface area contributed by atoms with Gasteiger partial charge in [0.2, 0.25) is 5.91 Å². The molecule has 0 aliphatic carbocycles. The number of hydrogen-bond donors (Lipinski definition) is 0. The van der Waals surface area contributed by atoms with Crippen LogP contribution >= 0.6 is 11.8 Å². The smallest absolute Gasteiger partial charge is 0.410 e. The Morgan fingerprint density at radius 2 is 1.96 bits per heavy atom. The molecule has 1 aromatic rings. The van der Waals surface area contributed by atoms with Crippen LogP contribution < -0.4 is 4.74 Å². The van der Waals surface area contributed by atoms with Crippen molar-refractivity contribution < 1.29 is 19.1 Å². The maximum Gasteiger partial charge on any atom is 0.410 e. The Balaban J connectivity index is 1.34. The molecule has 0 saturated carbocycles. The molecule has 0 bridgehead atoms. The van der Waals surface area contributed by atoms with Gasteiger partial charge in [-0.05, 0) is 38.8 Å². The van der Waals surface area contributed by atoms with Crippen molar-refractivity contribution in [2.24, 2.45) is 0 Å². The van der Waals surface area contributed by atoms with Crippen molar-refractivity contribution in [2.75, 3.05) is 37.8 Å². The molecule has 27 heavy (non-hydrogen) atoms. The number of likely N-dealkylation sites (tertiary alicyclic amines) is 1. The number of carbonyl (C=O) groups excluding carboxylic acids is 2. The largest absolute Gasteiger partial charge is 0.493 e. The minimum Gasteiger partial charge on any atom is -0.493 e. The molecule has 3 rings (SSSR count). The number of para-hydroxylation sites is 1. The molecule has 1 aromatic carbocycles. The van der Waals surface area contributed by atoms with Gasteiger partial charge in [-0.1, -0.05) is 18.2 Å². The van der Waals surface area contributed by atoms with Crippen molar-refractivity contribution in [3.8, 4) is 5.75 Å². The Morgan fingerprint density at radius 1 is 1.26 bits per heavy atom. The van der Waals surface area contributed by atoms with E-state index in [1.165, 1.54) is 0 Å². The minimum absolute atomic E-state index is 0.158. The lowest BCUT2D eigenvalue weighted by atomic mass is 9.97. The van der Waals surface area contributed by atoms with Gasteiger partial charge in [0, 0.05) is 24.9 Å². The Bertz CT molecular complexity index is 645. The van der Waals surface area contributed by atoms with Crippen LogP contribution in [0.15, 0.2) is 30.3 Å². The summed E-state index contributed by atoms with van der Waals surface area (Å²) in [7, 11) is 0. The molecule has 0 aromatic heterocycles. The molecular formula is C20H28N2O4S. The average molecular weight is 393 g/mol. The second kappa shape index (κ2) is 8.87. The lowest BCUT2D eigenvalue weighted by Crippen LogP contribution is -2.53. The van der Waals surface area contributed by atoms with E-state index in [0.29, 0.717) is 32.1 Å². The maximum atomic E-state index is 12.4. The molecule has 2 aliphatic rings. The van der Waals surface area contributed by atoms with Gasteiger partial charge in [-0.25, -0.2) is 4.79 Å². The van der Waals surface area contributed by atoms with Crippen LogP contribution in [-0.4, -0.2) is 71.2 Å². The van der Waals surface area contributed by atoms with Crippen LogP contribution in [-0.2, 0) is 9.53 Å². The average Bonchev–Trinajstić information content (AvgIpc) is 2.95. The number of thioether (sulfide) groups is 1. The number of nitrogens with zero attached hydrogens (tertiary/aromatic N) is 2. The molecule has 2 saturated heterocycles. The number of piperidine rings is 1. The summed E-state index contributed by atoms with van der Waals surface area (Å²) in [6.07, 6.45) is 1.40. The highest BCUT2D eigenvalue weighted by Gasteiger charge is 2.44. The summed E-state index contributed by atoms with van der Waals surface area (Å²) in [5.41, 5.74) is -0.261. The lowest BCUT2D eigenvalue weighted by molar-refractivity contribution is -0.129. The van der Waals surface area contributed by atoms with Gasteiger partial charge in [0.15, 0.2) is 0 Å². The van der Waals surface area contributed by atoms with E-state index >= 15 is 0 Å². The first kappa shape index (κ1) is 19.9. The zero-order chi connectivity index (χ0) is 19.3. The number of ether oxygens (including phenoxy) is 2. The third-order valence-electron chi connectivity index (χ3n) is 5.05. The van der Waals surface area contributed by atoms with Crippen LogP contribution in [0.5, 0.6) is 5.75 Å². The van der Waals surface area contributed by atoms with Crippen molar-refractivity contribution in [1.82, 2.24) is 9.80 Å². The molecule has 0 spiro atoms. The molecule has 0 N–H and O–H groups in total. The Kier molecular flexibility index (Phi) is 6.52. The van der Waals surface area contributed by atoms with Gasteiger partial charge in [0.25, 0.3) is 0 Å². The quantitative estimate of drug-likeness (QED) is 0.668. The summed E-state index contributed by atoms with van der Waals surface area (Å²) >= 11 is 1.60. The molecule has 2 fully saturated rings. The first-order chi connectivity index (χ1) is 13.0. The molecule has 0 atom stereocenters. The summed E-state index contributed by atoms with van der Waals surface area (Å²) in [5.74, 6) is 2.28. The molecule has 7 heteroatoms. The molecule has 0 unspecified atom stereocenters. The highest BCUT2D eigenvalue weighted by molar-refractivity contribution is 7.99. The molecule has 0 radical (unpaired) electrons. The minimum atomic E-state index is -0.261. The van der Waals surface area contributed by atoms with Crippen LogP contribution in [0.3, 0.4) is 0 Å². The van der Waals surface area contributed by atoms with E-state index in [-0.39, 0.29) is 23.6 Å². The van der Waals surface area contributed by atoms with Gasteiger partial charge in [0.1, 0.15) is 12.4 Å². The predicted octanol–water partition coefficient (Wildman–Crippen LogP) is 3.02. The molecule has 6 nitrogen and oxygen atoms in total. The molecule has 2 amide bonds. The highest BCUT2D eigenvalue weighted by Crippen LogP contribution is 2.30. The fourth-order valence-electron chi connectivity index (χ4n) is 3.63. The Morgan fingerprint density at radius 3 is 2.59 bits per heavy atom. The SMILES string of the molecule is CC1(C)COC(=O)N1C1CCN(C(=O)CSCCOc2ccccc2)CC1. The normalized spacial score (nSPS) is 19.9. The fraction of sp³-hybridized carbons (Fsp3) is 0.600. The van der Waals surface area contributed by atoms with E-state index in [9.17, 15) is 9.59 Å². The van der Waals surface area contributed by atoms with Gasteiger partial charge in [-0.2, -0.15) is 0 Å². The number of hydrogen-bond acceptors (Lipinski definition) is 5. The van der Waals surface area contributed by atoms with Crippen molar-refractivity contribution >= 4 is 23.8 Å². The molecule has 148 valence electrons. The van der Waals surface area contributed by atoms with Crippen molar-refractivity contribution in [1.29, 1.82) is 0 Å². The summed E-state index contributed by atoms with van der Waals surface area (Å²) in [6, 6.07) is 9.86. The second-order valence-electron chi connectivity index (χ2n) is 7.56. The summed E-state index contributed by atoms with van der Waals surface area (Å²) in [5, 5.41) is 0. The summed E-state index contributed by atoms with van der Waals surface area (Å²) in [4.78, 5) is 28.2. The van der Waals surface area contributed by atoms with Crippen molar-refractivity contribution in [3.05, 3.63) is 30.3 Å². The Labute approximate surface area is 165 Å². The van der Waals surface area contributed by atoms with Gasteiger partial charge in [-0.15, -0.1) is 11.8 Å². The third-order valence-corrected chi connectivity index (χ3v) is 5.95. The van der Waals surface area contributed by atoms with E-state index in [2.05, 4.69) is 0 Å². The predicted molar refractivity (Wildman–Crippen MR) is 106 cm³/mol. The van der Waals surface area contributed by atoms with Crippen LogP contribution in [0.25, 0.3) is 0 Å². The number of benzene rings is 1. The van der Waals surface area contributed by atoms with Gasteiger partial charge < -0.3 is 14.4 Å². The van der Waals surface area contributed by atoms with Gasteiger partial charge in [-0.3, -0.25) is 9.69 Å². The molecule has 2 aliphatic heterocycles. The highest BCUT2D eigenvalue weighted by atomic mass is 32.2. The fourth-order valence-corrected chi connectivity index (χ4v) is 4.33. The van der Waals surface area contributed by atoms with E-state index in [1.54, 1.807) is 11.8 Å². The van der Waals surface area contributed by atoms with Gasteiger partial charge >= 0.3 is 6.09 Å². The van der Waals surface area contributed by atoms with Crippen LogP contribution in [0, 0.1) is 0 Å². The molecule has 2 heterocycles.